The predicted molar refractivity (Wildman–Crippen MR) is 147 cm³/mol. The zero-order valence-electron chi connectivity index (χ0n) is 22.6. The number of piperazine rings is 1. The fourth-order valence-corrected chi connectivity index (χ4v) is 5.25. The molecular formula is C29H42N4O4. The minimum absolute atomic E-state index is 0.0837. The molecule has 2 aromatic carbocycles. The summed E-state index contributed by atoms with van der Waals surface area (Å²) in [6.07, 6.45) is 3.89. The standard InChI is InChI=1S/C29H42N4O4/c1-21-19-24(9-14-27(21)33(35)36)30-23-7-12-26(13-8-23)37-20-28(34)32-17-15-31(16-18-32)25-10-5-22(6-11-25)29(2,3)4/h5-6,9-11,14,19,23,26,30,35-36H,7-8,12-13,15-18,20H2,1-4H3. The second-order valence-corrected chi connectivity index (χ2v) is 11.4. The molecule has 0 spiro atoms. The Kier molecular flexibility index (Phi) is 8.62. The summed E-state index contributed by atoms with van der Waals surface area (Å²) in [5.74, 6) is 0.0837. The lowest BCUT2D eigenvalue weighted by atomic mass is 9.87. The number of rotatable bonds is 7. The molecule has 0 unspecified atom stereocenters. The Balaban J connectivity index is 1.16. The van der Waals surface area contributed by atoms with Gasteiger partial charge in [0.2, 0.25) is 5.91 Å². The van der Waals surface area contributed by atoms with E-state index in [4.69, 9.17) is 4.74 Å². The van der Waals surface area contributed by atoms with Gasteiger partial charge < -0.3 is 19.9 Å². The summed E-state index contributed by atoms with van der Waals surface area (Å²) in [5, 5.41) is 22.2. The minimum Gasteiger partial charge on any atom is -0.382 e. The highest BCUT2D eigenvalue weighted by atomic mass is 16.8. The molecule has 8 nitrogen and oxygen atoms in total. The van der Waals surface area contributed by atoms with E-state index >= 15 is 0 Å². The molecule has 4 rings (SSSR count). The maximum absolute atomic E-state index is 12.8. The van der Waals surface area contributed by atoms with Crippen LogP contribution in [0.2, 0.25) is 0 Å². The molecule has 1 aliphatic heterocycles. The van der Waals surface area contributed by atoms with Gasteiger partial charge in [0, 0.05) is 43.6 Å². The molecule has 1 saturated carbocycles. The van der Waals surface area contributed by atoms with E-state index < -0.39 is 0 Å². The molecule has 0 aromatic heterocycles. The number of nitrogens with zero attached hydrogens (tertiary/aromatic N) is 3. The summed E-state index contributed by atoms with van der Waals surface area (Å²) < 4.78 is 6.02. The van der Waals surface area contributed by atoms with E-state index in [1.807, 2.05) is 24.0 Å². The van der Waals surface area contributed by atoms with Gasteiger partial charge in [0.25, 0.3) is 0 Å². The van der Waals surface area contributed by atoms with Crippen LogP contribution in [-0.2, 0) is 14.9 Å². The summed E-state index contributed by atoms with van der Waals surface area (Å²) in [4.78, 5) is 17.1. The number of nitrogens with one attached hydrogen (secondary N) is 1. The molecule has 1 aliphatic carbocycles. The van der Waals surface area contributed by atoms with Crippen molar-refractivity contribution in [3.63, 3.8) is 0 Å². The van der Waals surface area contributed by atoms with Gasteiger partial charge >= 0.3 is 0 Å². The first-order valence-corrected chi connectivity index (χ1v) is 13.4. The molecule has 1 amide bonds. The summed E-state index contributed by atoms with van der Waals surface area (Å²) in [6.45, 7) is 11.8. The van der Waals surface area contributed by atoms with E-state index in [1.165, 1.54) is 11.3 Å². The van der Waals surface area contributed by atoms with Crippen LogP contribution in [0.3, 0.4) is 0 Å². The molecule has 0 atom stereocenters. The van der Waals surface area contributed by atoms with Gasteiger partial charge in [0.15, 0.2) is 0 Å². The number of carbonyl (C=O) groups is 1. The molecule has 37 heavy (non-hydrogen) atoms. The fraction of sp³-hybridized carbons (Fsp3) is 0.552. The maximum atomic E-state index is 12.8. The Labute approximate surface area is 220 Å². The van der Waals surface area contributed by atoms with Crippen LogP contribution in [-0.4, -0.2) is 66.2 Å². The fourth-order valence-electron chi connectivity index (χ4n) is 5.25. The van der Waals surface area contributed by atoms with Crippen molar-refractivity contribution in [2.24, 2.45) is 0 Å². The first-order valence-electron chi connectivity index (χ1n) is 13.4. The number of hydrogen-bond acceptors (Lipinski definition) is 7. The zero-order chi connectivity index (χ0) is 26.6. The minimum atomic E-state index is 0.0837. The summed E-state index contributed by atoms with van der Waals surface area (Å²) in [7, 11) is 0. The Bertz CT molecular complexity index is 1030. The van der Waals surface area contributed by atoms with Gasteiger partial charge in [0.1, 0.15) is 6.61 Å². The van der Waals surface area contributed by atoms with Crippen LogP contribution in [0.25, 0.3) is 0 Å². The molecule has 2 aromatic rings. The highest BCUT2D eigenvalue weighted by molar-refractivity contribution is 5.77. The van der Waals surface area contributed by atoms with E-state index in [9.17, 15) is 15.2 Å². The first kappa shape index (κ1) is 27.2. The number of benzene rings is 2. The van der Waals surface area contributed by atoms with Crippen LogP contribution in [0.1, 0.15) is 57.6 Å². The zero-order valence-corrected chi connectivity index (χ0v) is 22.6. The van der Waals surface area contributed by atoms with Crippen molar-refractivity contribution in [3.05, 3.63) is 53.6 Å². The number of carbonyl (C=O) groups excluding carboxylic acids is 1. The lowest BCUT2D eigenvalue weighted by molar-refractivity contribution is -0.139. The third kappa shape index (κ3) is 7.15. The highest BCUT2D eigenvalue weighted by Gasteiger charge is 2.25. The smallest absolute Gasteiger partial charge is 0.248 e. The van der Waals surface area contributed by atoms with Gasteiger partial charge in [-0.1, -0.05) is 32.9 Å². The molecule has 0 bridgehead atoms. The van der Waals surface area contributed by atoms with Crippen LogP contribution in [0.4, 0.5) is 17.1 Å². The summed E-state index contributed by atoms with van der Waals surface area (Å²) in [6, 6.07) is 14.6. The number of anilines is 3. The molecule has 3 N–H and O–H groups in total. The van der Waals surface area contributed by atoms with Crippen molar-refractivity contribution in [2.75, 3.05) is 48.2 Å². The van der Waals surface area contributed by atoms with Crippen molar-refractivity contribution < 1.29 is 19.9 Å². The summed E-state index contributed by atoms with van der Waals surface area (Å²) in [5.41, 5.74) is 4.81. The van der Waals surface area contributed by atoms with Gasteiger partial charge in [-0.15, -0.1) is 5.23 Å². The van der Waals surface area contributed by atoms with Crippen LogP contribution in [0.15, 0.2) is 42.5 Å². The molecule has 8 heteroatoms. The molecular weight excluding hydrogens is 468 g/mol. The second kappa shape index (κ2) is 11.7. The third-order valence-electron chi connectivity index (χ3n) is 7.63. The average molecular weight is 511 g/mol. The molecule has 2 aliphatic rings. The van der Waals surface area contributed by atoms with E-state index in [1.54, 1.807) is 6.07 Å². The molecule has 1 saturated heterocycles. The predicted octanol–water partition coefficient (Wildman–Crippen LogP) is 4.97. The van der Waals surface area contributed by atoms with Crippen LogP contribution in [0, 0.1) is 6.92 Å². The molecule has 202 valence electrons. The Morgan fingerprint density at radius 2 is 1.65 bits per heavy atom. The van der Waals surface area contributed by atoms with Crippen molar-refractivity contribution in [3.8, 4) is 0 Å². The number of hydrogen-bond donors (Lipinski definition) is 3. The SMILES string of the molecule is Cc1cc(NC2CCC(OCC(=O)N3CCN(c4ccc(C(C)(C)C)cc4)CC3)CC2)ccc1N(O)O. The highest BCUT2D eigenvalue weighted by Crippen LogP contribution is 2.28. The van der Waals surface area contributed by atoms with Gasteiger partial charge in [-0.2, -0.15) is 0 Å². The van der Waals surface area contributed by atoms with Crippen LogP contribution < -0.4 is 15.4 Å². The van der Waals surface area contributed by atoms with Gasteiger partial charge in [-0.25, -0.2) is 0 Å². The topological polar surface area (TPSA) is 88.5 Å². The van der Waals surface area contributed by atoms with E-state index in [0.717, 1.165) is 63.1 Å². The maximum Gasteiger partial charge on any atom is 0.248 e. The normalized spacial score (nSPS) is 20.6. The number of amides is 1. The largest absolute Gasteiger partial charge is 0.382 e. The number of ether oxygens (including phenoxy) is 1. The van der Waals surface area contributed by atoms with Crippen molar-refractivity contribution in [1.82, 2.24) is 4.90 Å². The van der Waals surface area contributed by atoms with E-state index in [0.29, 0.717) is 11.7 Å². The second-order valence-electron chi connectivity index (χ2n) is 11.4. The lowest BCUT2D eigenvalue weighted by Crippen LogP contribution is -2.50. The van der Waals surface area contributed by atoms with Crippen molar-refractivity contribution >= 4 is 23.0 Å². The van der Waals surface area contributed by atoms with Gasteiger partial charge in [0.05, 0.1) is 11.8 Å². The van der Waals surface area contributed by atoms with Crippen LogP contribution in [0.5, 0.6) is 0 Å². The van der Waals surface area contributed by atoms with Crippen LogP contribution >= 0.6 is 0 Å². The third-order valence-corrected chi connectivity index (χ3v) is 7.63. The molecule has 2 fully saturated rings. The van der Waals surface area contributed by atoms with Crippen molar-refractivity contribution in [1.29, 1.82) is 0 Å². The number of aryl methyl sites for hydroxylation is 1. The Hall–Kier alpha value is -2.81. The monoisotopic (exact) mass is 510 g/mol. The van der Waals surface area contributed by atoms with Gasteiger partial charge in [-0.05, 0) is 79.5 Å². The lowest BCUT2D eigenvalue weighted by Gasteiger charge is -2.37. The molecule has 1 heterocycles. The Morgan fingerprint density at radius 3 is 2.22 bits per heavy atom. The van der Waals surface area contributed by atoms with Gasteiger partial charge in [-0.3, -0.25) is 15.2 Å². The van der Waals surface area contributed by atoms with E-state index in [-0.39, 0.29) is 29.3 Å². The van der Waals surface area contributed by atoms with Crippen molar-refractivity contribution in [2.45, 2.75) is 70.9 Å². The quantitative estimate of drug-likeness (QED) is 0.454. The Morgan fingerprint density at radius 1 is 1.00 bits per heavy atom. The molecule has 0 radical (unpaired) electrons. The first-order chi connectivity index (χ1) is 17.6. The summed E-state index contributed by atoms with van der Waals surface area (Å²) >= 11 is 0. The van der Waals surface area contributed by atoms with E-state index in [2.05, 4.69) is 55.3 Å². The average Bonchev–Trinajstić information content (AvgIpc) is 2.87.